The Balaban J connectivity index is 1.88. The molecule has 0 bridgehead atoms. The molecule has 4 heteroatoms. The Morgan fingerprint density at radius 3 is 2.81 bits per heavy atom. The fourth-order valence-electron chi connectivity index (χ4n) is 1.99. The first-order valence-electron chi connectivity index (χ1n) is 5.58. The van der Waals surface area contributed by atoms with E-state index in [0.29, 0.717) is 6.04 Å². The van der Waals surface area contributed by atoms with E-state index in [-0.39, 0.29) is 6.03 Å². The molecule has 1 saturated heterocycles. The first-order valence-corrected chi connectivity index (χ1v) is 5.58. The number of nitrogens with zero attached hydrogens (tertiary/aromatic N) is 1. The number of urea groups is 1. The average molecular weight is 219 g/mol. The van der Waals surface area contributed by atoms with E-state index in [4.69, 9.17) is 0 Å². The molecule has 1 unspecified atom stereocenters. The predicted octanol–water partition coefficient (Wildman–Crippen LogP) is 1.51. The Hall–Kier alpha value is -1.71. The Morgan fingerprint density at radius 2 is 2.12 bits per heavy atom. The molecule has 4 nitrogen and oxygen atoms in total. The minimum absolute atomic E-state index is 0.0114. The van der Waals surface area contributed by atoms with Gasteiger partial charge in [-0.3, -0.25) is 0 Å². The molecule has 1 fully saturated rings. The summed E-state index contributed by atoms with van der Waals surface area (Å²) in [4.78, 5) is 13.2. The van der Waals surface area contributed by atoms with E-state index in [1.54, 1.807) is 7.05 Å². The molecule has 2 amide bonds. The normalized spacial score (nSPS) is 19.6. The van der Waals surface area contributed by atoms with Gasteiger partial charge in [0.05, 0.1) is 0 Å². The van der Waals surface area contributed by atoms with Crippen molar-refractivity contribution in [1.82, 2.24) is 10.2 Å². The molecule has 1 atom stereocenters. The van der Waals surface area contributed by atoms with Gasteiger partial charge in [-0.05, 0) is 18.6 Å². The molecule has 0 saturated carbocycles. The number of carbonyl (C=O) groups excluding carboxylic acids is 1. The van der Waals surface area contributed by atoms with E-state index >= 15 is 0 Å². The Labute approximate surface area is 95.6 Å². The molecule has 1 aliphatic heterocycles. The molecule has 0 spiro atoms. The van der Waals surface area contributed by atoms with Crippen LogP contribution >= 0.6 is 0 Å². The second-order valence-corrected chi connectivity index (χ2v) is 4.00. The van der Waals surface area contributed by atoms with Gasteiger partial charge < -0.3 is 15.5 Å². The molecular formula is C12H17N3O. The van der Waals surface area contributed by atoms with Crippen LogP contribution in [0.25, 0.3) is 0 Å². The zero-order valence-electron chi connectivity index (χ0n) is 9.44. The van der Waals surface area contributed by atoms with Crippen molar-refractivity contribution in [2.24, 2.45) is 0 Å². The number of amides is 2. The van der Waals surface area contributed by atoms with Crippen LogP contribution in [-0.2, 0) is 0 Å². The van der Waals surface area contributed by atoms with Gasteiger partial charge in [0, 0.05) is 31.9 Å². The highest BCUT2D eigenvalue weighted by Gasteiger charge is 2.25. The van der Waals surface area contributed by atoms with Crippen LogP contribution in [0.1, 0.15) is 6.42 Å². The van der Waals surface area contributed by atoms with Gasteiger partial charge in [-0.2, -0.15) is 0 Å². The molecular weight excluding hydrogens is 202 g/mol. The summed E-state index contributed by atoms with van der Waals surface area (Å²) in [7, 11) is 1.67. The SMILES string of the molecule is CNC(=O)N1CCC(Nc2ccccc2)C1. The van der Waals surface area contributed by atoms with E-state index in [1.807, 2.05) is 35.2 Å². The van der Waals surface area contributed by atoms with E-state index in [9.17, 15) is 4.79 Å². The summed E-state index contributed by atoms with van der Waals surface area (Å²) < 4.78 is 0. The van der Waals surface area contributed by atoms with Crippen LogP contribution in [0.3, 0.4) is 0 Å². The summed E-state index contributed by atoms with van der Waals surface area (Å²) in [5, 5.41) is 6.08. The first kappa shape index (κ1) is 10.8. The van der Waals surface area contributed by atoms with Crippen molar-refractivity contribution in [2.45, 2.75) is 12.5 Å². The minimum Gasteiger partial charge on any atom is -0.380 e. The van der Waals surface area contributed by atoms with Gasteiger partial charge >= 0.3 is 6.03 Å². The van der Waals surface area contributed by atoms with E-state index < -0.39 is 0 Å². The number of nitrogens with one attached hydrogen (secondary N) is 2. The van der Waals surface area contributed by atoms with Gasteiger partial charge in [-0.15, -0.1) is 0 Å². The smallest absolute Gasteiger partial charge is 0.317 e. The van der Waals surface area contributed by atoms with Crippen molar-refractivity contribution in [2.75, 3.05) is 25.5 Å². The monoisotopic (exact) mass is 219 g/mol. The maximum Gasteiger partial charge on any atom is 0.317 e. The number of hydrogen-bond donors (Lipinski definition) is 2. The van der Waals surface area contributed by atoms with Crippen molar-refractivity contribution in [1.29, 1.82) is 0 Å². The van der Waals surface area contributed by atoms with Crippen LogP contribution in [0.15, 0.2) is 30.3 Å². The summed E-state index contributed by atoms with van der Waals surface area (Å²) in [6, 6.07) is 10.5. The van der Waals surface area contributed by atoms with Gasteiger partial charge in [0.1, 0.15) is 0 Å². The van der Waals surface area contributed by atoms with Crippen molar-refractivity contribution in [3.8, 4) is 0 Å². The molecule has 0 aliphatic carbocycles. The summed E-state index contributed by atoms with van der Waals surface area (Å²) in [5.74, 6) is 0. The maximum absolute atomic E-state index is 11.4. The molecule has 0 aromatic heterocycles. The number of hydrogen-bond acceptors (Lipinski definition) is 2. The fraction of sp³-hybridized carbons (Fsp3) is 0.417. The predicted molar refractivity (Wildman–Crippen MR) is 64.5 cm³/mol. The van der Waals surface area contributed by atoms with Crippen LogP contribution in [0, 0.1) is 0 Å². The minimum atomic E-state index is 0.0114. The van der Waals surface area contributed by atoms with Gasteiger partial charge in [0.15, 0.2) is 0 Å². The second kappa shape index (κ2) is 4.88. The van der Waals surface area contributed by atoms with Crippen molar-refractivity contribution >= 4 is 11.7 Å². The van der Waals surface area contributed by atoms with Crippen LogP contribution in [0.2, 0.25) is 0 Å². The third-order valence-corrected chi connectivity index (χ3v) is 2.83. The second-order valence-electron chi connectivity index (χ2n) is 4.00. The van der Waals surface area contributed by atoms with Gasteiger partial charge in [-0.25, -0.2) is 4.79 Å². The number of benzene rings is 1. The number of anilines is 1. The highest BCUT2D eigenvalue weighted by atomic mass is 16.2. The van der Waals surface area contributed by atoms with Gasteiger partial charge in [-0.1, -0.05) is 18.2 Å². The standard InChI is InChI=1S/C12H17N3O/c1-13-12(16)15-8-7-11(9-15)14-10-5-3-2-4-6-10/h2-6,11,14H,7-9H2,1H3,(H,13,16). The number of rotatable bonds is 2. The summed E-state index contributed by atoms with van der Waals surface area (Å²) >= 11 is 0. The quantitative estimate of drug-likeness (QED) is 0.792. The molecule has 1 aromatic rings. The molecule has 1 aromatic carbocycles. The topological polar surface area (TPSA) is 44.4 Å². The van der Waals surface area contributed by atoms with Crippen molar-refractivity contribution in [3.05, 3.63) is 30.3 Å². The highest BCUT2D eigenvalue weighted by molar-refractivity contribution is 5.74. The third kappa shape index (κ3) is 2.45. The van der Waals surface area contributed by atoms with E-state index in [0.717, 1.165) is 25.2 Å². The molecule has 86 valence electrons. The molecule has 16 heavy (non-hydrogen) atoms. The van der Waals surface area contributed by atoms with E-state index in [1.165, 1.54) is 0 Å². The van der Waals surface area contributed by atoms with Gasteiger partial charge in [0.25, 0.3) is 0 Å². The molecule has 1 heterocycles. The number of carbonyl (C=O) groups is 1. The summed E-state index contributed by atoms with van der Waals surface area (Å²) in [6.07, 6.45) is 1.00. The lowest BCUT2D eigenvalue weighted by Crippen LogP contribution is -2.37. The lowest BCUT2D eigenvalue weighted by Gasteiger charge is -2.17. The Kier molecular flexibility index (Phi) is 3.29. The van der Waals surface area contributed by atoms with E-state index in [2.05, 4.69) is 10.6 Å². The molecule has 2 rings (SSSR count). The fourth-order valence-corrected chi connectivity index (χ4v) is 1.99. The average Bonchev–Trinajstić information content (AvgIpc) is 2.78. The lowest BCUT2D eigenvalue weighted by molar-refractivity contribution is 0.211. The largest absolute Gasteiger partial charge is 0.380 e. The zero-order valence-corrected chi connectivity index (χ0v) is 9.44. The molecule has 0 radical (unpaired) electrons. The van der Waals surface area contributed by atoms with Crippen LogP contribution < -0.4 is 10.6 Å². The Morgan fingerprint density at radius 1 is 1.38 bits per heavy atom. The number of likely N-dealkylation sites (tertiary alicyclic amines) is 1. The summed E-state index contributed by atoms with van der Waals surface area (Å²) in [6.45, 7) is 1.60. The highest BCUT2D eigenvalue weighted by Crippen LogP contribution is 2.15. The van der Waals surface area contributed by atoms with Crippen LogP contribution in [0.5, 0.6) is 0 Å². The summed E-state index contributed by atoms with van der Waals surface area (Å²) in [5.41, 5.74) is 1.12. The van der Waals surface area contributed by atoms with Crippen molar-refractivity contribution < 1.29 is 4.79 Å². The lowest BCUT2D eigenvalue weighted by atomic mass is 10.2. The van der Waals surface area contributed by atoms with Crippen LogP contribution in [0.4, 0.5) is 10.5 Å². The molecule has 2 N–H and O–H groups in total. The Bertz CT molecular complexity index is 353. The van der Waals surface area contributed by atoms with Gasteiger partial charge in [0.2, 0.25) is 0 Å². The van der Waals surface area contributed by atoms with Crippen molar-refractivity contribution in [3.63, 3.8) is 0 Å². The molecule has 1 aliphatic rings. The number of para-hydroxylation sites is 1. The zero-order chi connectivity index (χ0) is 11.4. The first-order chi connectivity index (χ1) is 7.79. The maximum atomic E-state index is 11.4. The van der Waals surface area contributed by atoms with Crippen LogP contribution in [-0.4, -0.2) is 37.1 Å². The third-order valence-electron chi connectivity index (χ3n) is 2.83.